The molecule has 0 bridgehead atoms. The fraction of sp³-hybridized carbons (Fsp3) is 0.273. The van der Waals surface area contributed by atoms with Crippen LogP contribution in [0.2, 0.25) is 0 Å². The predicted molar refractivity (Wildman–Crippen MR) is 53.2 cm³/mol. The smallest absolute Gasteiger partial charge is 0.0684 e. The molecule has 0 spiro atoms. The van der Waals surface area contributed by atoms with Gasteiger partial charge in [0.25, 0.3) is 0 Å². The molecule has 1 aromatic rings. The molecule has 0 atom stereocenters. The van der Waals surface area contributed by atoms with Gasteiger partial charge in [-0.05, 0) is 23.6 Å². The Kier molecular flexibility index (Phi) is 3.68. The fourth-order valence-electron chi connectivity index (χ4n) is 1.23. The van der Waals surface area contributed by atoms with Crippen molar-refractivity contribution in [2.75, 3.05) is 6.61 Å². The molecule has 1 rings (SSSR count). The third-order valence-electron chi connectivity index (χ3n) is 2.06. The van der Waals surface area contributed by atoms with Gasteiger partial charge in [-0.2, -0.15) is 0 Å². The maximum atomic E-state index is 8.99. The van der Waals surface area contributed by atoms with Crippen LogP contribution in [0.1, 0.15) is 16.7 Å². The molecule has 0 saturated carbocycles. The molecule has 13 heavy (non-hydrogen) atoms. The van der Waals surface area contributed by atoms with Crippen molar-refractivity contribution in [3.05, 3.63) is 41.0 Å². The van der Waals surface area contributed by atoms with E-state index in [0.717, 1.165) is 16.7 Å². The Morgan fingerprint density at radius 2 is 2.08 bits per heavy atom. The Balaban J connectivity index is 3.01. The second-order valence-electron chi connectivity index (χ2n) is 2.87. The zero-order valence-corrected chi connectivity index (χ0v) is 7.70. The molecule has 0 saturated heterocycles. The Hall–Kier alpha value is -1.12. The standard InChI is InChI=1S/C11H14O2/c1-9-10(6-3-7-12)4-2-5-11(9)8-13/h2-6,12-13H,7-8H2,1H3. The summed E-state index contributed by atoms with van der Waals surface area (Å²) in [4.78, 5) is 0. The number of aliphatic hydroxyl groups is 2. The Morgan fingerprint density at radius 3 is 2.69 bits per heavy atom. The quantitative estimate of drug-likeness (QED) is 0.736. The van der Waals surface area contributed by atoms with Crippen LogP contribution in [0.5, 0.6) is 0 Å². The SMILES string of the molecule is Cc1c(C=CCO)cccc1CO. The van der Waals surface area contributed by atoms with E-state index in [2.05, 4.69) is 0 Å². The van der Waals surface area contributed by atoms with Gasteiger partial charge in [0.15, 0.2) is 0 Å². The molecular formula is C11H14O2. The van der Waals surface area contributed by atoms with E-state index in [1.807, 2.05) is 31.2 Å². The first-order valence-electron chi connectivity index (χ1n) is 4.26. The van der Waals surface area contributed by atoms with E-state index in [9.17, 15) is 0 Å². The van der Waals surface area contributed by atoms with Crippen LogP contribution in [0.15, 0.2) is 24.3 Å². The van der Waals surface area contributed by atoms with Crippen molar-refractivity contribution in [2.45, 2.75) is 13.5 Å². The number of hydrogen-bond acceptors (Lipinski definition) is 2. The molecule has 0 aromatic heterocycles. The van der Waals surface area contributed by atoms with Gasteiger partial charge >= 0.3 is 0 Å². The average Bonchev–Trinajstić information content (AvgIpc) is 2.16. The van der Waals surface area contributed by atoms with Gasteiger partial charge in [-0.1, -0.05) is 30.4 Å². The first kappa shape index (κ1) is 9.96. The van der Waals surface area contributed by atoms with Gasteiger partial charge in [-0.25, -0.2) is 0 Å². The highest BCUT2D eigenvalue weighted by Gasteiger charge is 1.98. The number of benzene rings is 1. The van der Waals surface area contributed by atoms with Gasteiger partial charge in [0.05, 0.1) is 13.2 Å². The molecule has 0 aliphatic carbocycles. The van der Waals surface area contributed by atoms with Crippen molar-refractivity contribution in [1.29, 1.82) is 0 Å². The van der Waals surface area contributed by atoms with Gasteiger partial charge in [-0.3, -0.25) is 0 Å². The van der Waals surface area contributed by atoms with E-state index in [1.165, 1.54) is 0 Å². The maximum absolute atomic E-state index is 8.99. The number of rotatable bonds is 3. The van der Waals surface area contributed by atoms with Crippen molar-refractivity contribution in [3.63, 3.8) is 0 Å². The van der Waals surface area contributed by atoms with Crippen LogP contribution in [0.4, 0.5) is 0 Å². The summed E-state index contributed by atoms with van der Waals surface area (Å²) in [5, 5.41) is 17.6. The third kappa shape index (κ3) is 2.41. The largest absolute Gasteiger partial charge is 0.392 e. The van der Waals surface area contributed by atoms with Gasteiger partial charge in [0.1, 0.15) is 0 Å². The fourth-order valence-corrected chi connectivity index (χ4v) is 1.23. The first-order chi connectivity index (χ1) is 6.29. The maximum Gasteiger partial charge on any atom is 0.0684 e. The topological polar surface area (TPSA) is 40.5 Å². The zero-order valence-electron chi connectivity index (χ0n) is 7.70. The lowest BCUT2D eigenvalue weighted by atomic mass is 10.0. The summed E-state index contributed by atoms with van der Waals surface area (Å²) in [7, 11) is 0. The van der Waals surface area contributed by atoms with E-state index >= 15 is 0 Å². The molecule has 0 heterocycles. The second-order valence-corrected chi connectivity index (χ2v) is 2.87. The number of hydrogen-bond donors (Lipinski definition) is 2. The van der Waals surface area contributed by atoms with E-state index < -0.39 is 0 Å². The van der Waals surface area contributed by atoms with Crippen LogP contribution in [0, 0.1) is 6.92 Å². The van der Waals surface area contributed by atoms with E-state index in [1.54, 1.807) is 6.08 Å². The van der Waals surface area contributed by atoms with Crippen LogP contribution in [0.3, 0.4) is 0 Å². The molecule has 70 valence electrons. The normalized spacial score (nSPS) is 11.0. The summed E-state index contributed by atoms with van der Waals surface area (Å²) in [6, 6.07) is 5.75. The minimum Gasteiger partial charge on any atom is -0.392 e. The van der Waals surface area contributed by atoms with Crippen molar-refractivity contribution < 1.29 is 10.2 Å². The van der Waals surface area contributed by atoms with Gasteiger partial charge in [0, 0.05) is 0 Å². The van der Waals surface area contributed by atoms with Gasteiger partial charge in [-0.15, -0.1) is 0 Å². The van der Waals surface area contributed by atoms with Gasteiger partial charge < -0.3 is 10.2 Å². The van der Waals surface area contributed by atoms with Crippen LogP contribution in [0.25, 0.3) is 6.08 Å². The Bertz CT molecular complexity index is 303. The minimum atomic E-state index is 0.0444. The Morgan fingerprint density at radius 1 is 1.31 bits per heavy atom. The lowest BCUT2D eigenvalue weighted by Crippen LogP contribution is -1.90. The highest BCUT2D eigenvalue weighted by molar-refractivity contribution is 5.55. The number of aliphatic hydroxyl groups excluding tert-OH is 2. The Labute approximate surface area is 78.2 Å². The third-order valence-corrected chi connectivity index (χ3v) is 2.06. The molecule has 0 aliphatic rings. The van der Waals surface area contributed by atoms with Crippen LogP contribution >= 0.6 is 0 Å². The van der Waals surface area contributed by atoms with E-state index in [4.69, 9.17) is 10.2 Å². The molecule has 2 N–H and O–H groups in total. The van der Waals surface area contributed by atoms with Crippen LogP contribution < -0.4 is 0 Å². The predicted octanol–water partition coefficient (Wildman–Crippen LogP) is 1.49. The van der Waals surface area contributed by atoms with E-state index in [-0.39, 0.29) is 13.2 Å². The summed E-state index contributed by atoms with van der Waals surface area (Å²) < 4.78 is 0. The molecule has 0 amide bonds. The van der Waals surface area contributed by atoms with Crippen molar-refractivity contribution in [3.8, 4) is 0 Å². The summed E-state index contributed by atoms with van der Waals surface area (Å²) in [5.74, 6) is 0. The summed E-state index contributed by atoms with van der Waals surface area (Å²) in [6.07, 6.45) is 3.54. The summed E-state index contributed by atoms with van der Waals surface area (Å²) in [5.41, 5.74) is 3.04. The zero-order chi connectivity index (χ0) is 9.68. The van der Waals surface area contributed by atoms with Crippen molar-refractivity contribution >= 4 is 6.08 Å². The molecule has 0 radical (unpaired) electrons. The first-order valence-corrected chi connectivity index (χ1v) is 4.26. The molecule has 1 aromatic carbocycles. The average molecular weight is 178 g/mol. The lowest BCUT2D eigenvalue weighted by molar-refractivity contribution is 0.281. The molecule has 2 heteroatoms. The van der Waals surface area contributed by atoms with Crippen LogP contribution in [-0.2, 0) is 6.61 Å². The lowest BCUT2D eigenvalue weighted by Gasteiger charge is -2.05. The summed E-state index contributed by atoms with van der Waals surface area (Å²) >= 11 is 0. The van der Waals surface area contributed by atoms with Gasteiger partial charge in [0.2, 0.25) is 0 Å². The highest BCUT2D eigenvalue weighted by Crippen LogP contribution is 2.14. The molecular weight excluding hydrogens is 164 g/mol. The molecule has 0 aliphatic heterocycles. The summed E-state index contributed by atoms with van der Waals surface area (Å²) in [6.45, 7) is 2.07. The molecule has 0 fully saturated rings. The van der Waals surface area contributed by atoms with Crippen LogP contribution in [-0.4, -0.2) is 16.8 Å². The van der Waals surface area contributed by atoms with E-state index in [0.29, 0.717) is 0 Å². The minimum absolute atomic E-state index is 0.0444. The highest BCUT2D eigenvalue weighted by atomic mass is 16.3. The monoisotopic (exact) mass is 178 g/mol. The molecule has 0 unspecified atom stereocenters. The van der Waals surface area contributed by atoms with Crippen molar-refractivity contribution in [2.24, 2.45) is 0 Å². The molecule has 2 nitrogen and oxygen atoms in total. The van der Waals surface area contributed by atoms with Crippen molar-refractivity contribution in [1.82, 2.24) is 0 Å². The second kappa shape index (κ2) is 4.80.